The van der Waals surface area contributed by atoms with Crippen molar-refractivity contribution in [2.24, 2.45) is 0 Å². The van der Waals surface area contributed by atoms with Crippen LogP contribution >= 0.6 is 0 Å². The van der Waals surface area contributed by atoms with Crippen LogP contribution in [-0.4, -0.2) is 45.4 Å². The van der Waals surface area contributed by atoms with Gasteiger partial charge < -0.3 is 20.1 Å². The van der Waals surface area contributed by atoms with Crippen molar-refractivity contribution in [3.63, 3.8) is 0 Å². The third-order valence-electron chi connectivity index (χ3n) is 6.78. The average molecular weight is 457 g/mol. The third kappa shape index (κ3) is 4.36. The van der Waals surface area contributed by atoms with Crippen molar-refractivity contribution in [2.45, 2.75) is 77.0 Å². The zero-order valence-corrected chi connectivity index (χ0v) is 19.3. The molecule has 176 valence electrons. The molecule has 1 aromatic carbocycles. The molecule has 4 rings (SSSR count). The lowest BCUT2D eigenvalue weighted by Gasteiger charge is -2.26. The number of halogens is 1. The topological polar surface area (TPSA) is 105 Å². The van der Waals surface area contributed by atoms with E-state index < -0.39 is 23.3 Å². The van der Waals surface area contributed by atoms with Gasteiger partial charge in [0.2, 0.25) is 5.91 Å². The maximum Gasteiger partial charge on any atom is 0.257 e. The molecule has 2 unspecified atom stereocenters. The number of rotatable bonds is 6. The second-order valence-electron chi connectivity index (χ2n) is 9.27. The number of aryl methyl sites for hydroxylation is 1. The van der Waals surface area contributed by atoms with Gasteiger partial charge in [0.1, 0.15) is 23.2 Å². The predicted molar refractivity (Wildman–Crippen MR) is 118 cm³/mol. The zero-order valence-electron chi connectivity index (χ0n) is 19.3. The van der Waals surface area contributed by atoms with E-state index >= 15 is 0 Å². The predicted octanol–water partition coefficient (Wildman–Crippen LogP) is 3.27. The van der Waals surface area contributed by atoms with Crippen LogP contribution in [0.15, 0.2) is 29.0 Å². The lowest BCUT2D eigenvalue weighted by Crippen LogP contribution is -2.49. The van der Waals surface area contributed by atoms with Crippen molar-refractivity contribution in [2.75, 3.05) is 0 Å². The molecule has 1 aliphatic carbocycles. The van der Waals surface area contributed by atoms with Gasteiger partial charge in [0.25, 0.3) is 11.8 Å². The molecule has 1 saturated heterocycles. The molecular weight excluding hydrogens is 427 g/mol. The van der Waals surface area contributed by atoms with E-state index in [1.807, 2.05) is 13.8 Å². The van der Waals surface area contributed by atoms with E-state index in [9.17, 15) is 18.8 Å². The molecule has 3 amide bonds. The minimum Gasteiger partial charge on any atom is -0.364 e. The number of amides is 3. The Labute approximate surface area is 191 Å². The van der Waals surface area contributed by atoms with E-state index in [0.717, 1.165) is 12.8 Å². The molecule has 2 aliphatic rings. The molecule has 0 radical (unpaired) electrons. The molecule has 2 aromatic rings. The van der Waals surface area contributed by atoms with Crippen LogP contribution in [0.3, 0.4) is 0 Å². The monoisotopic (exact) mass is 456 g/mol. The molecule has 2 N–H and O–H groups in total. The highest BCUT2D eigenvalue weighted by Crippen LogP contribution is 2.37. The van der Waals surface area contributed by atoms with Gasteiger partial charge in [-0.2, -0.15) is 0 Å². The highest BCUT2D eigenvalue weighted by atomic mass is 19.1. The summed E-state index contributed by atoms with van der Waals surface area (Å²) in [4.78, 5) is 40.0. The summed E-state index contributed by atoms with van der Waals surface area (Å²) in [7, 11) is 0. The largest absolute Gasteiger partial charge is 0.364 e. The van der Waals surface area contributed by atoms with Crippen LogP contribution in [-0.2, 0) is 4.79 Å². The van der Waals surface area contributed by atoms with E-state index in [1.54, 1.807) is 24.8 Å². The zero-order chi connectivity index (χ0) is 23.9. The van der Waals surface area contributed by atoms with Crippen molar-refractivity contribution < 1.29 is 23.3 Å². The number of likely N-dealkylation sites (tertiary alicyclic amines) is 1. The van der Waals surface area contributed by atoms with E-state index in [4.69, 9.17) is 4.52 Å². The molecule has 1 saturated carbocycles. The van der Waals surface area contributed by atoms with Crippen LogP contribution in [0.4, 0.5) is 4.39 Å². The molecule has 33 heavy (non-hydrogen) atoms. The quantitative estimate of drug-likeness (QED) is 0.694. The number of aromatic nitrogens is 1. The van der Waals surface area contributed by atoms with Gasteiger partial charge in [-0.3, -0.25) is 14.4 Å². The first-order valence-electron chi connectivity index (χ1n) is 11.3. The Morgan fingerprint density at radius 3 is 2.42 bits per heavy atom. The number of nitrogens with zero attached hydrogens (tertiary/aromatic N) is 2. The van der Waals surface area contributed by atoms with Crippen LogP contribution in [0.5, 0.6) is 0 Å². The van der Waals surface area contributed by atoms with Crippen molar-refractivity contribution >= 4 is 17.7 Å². The summed E-state index contributed by atoms with van der Waals surface area (Å²) in [5.74, 6) is -1.55. The summed E-state index contributed by atoms with van der Waals surface area (Å²) < 4.78 is 19.7. The Morgan fingerprint density at radius 1 is 1.21 bits per heavy atom. The minimum atomic E-state index is -1.02. The molecule has 0 bridgehead atoms. The van der Waals surface area contributed by atoms with Crippen LogP contribution < -0.4 is 10.6 Å². The van der Waals surface area contributed by atoms with Crippen LogP contribution in [0.2, 0.25) is 0 Å². The van der Waals surface area contributed by atoms with Gasteiger partial charge in [-0.15, -0.1) is 0 Å². The first-order valence-corrected chi connectivity index (χ1v) is 11.3. The summed E-state index contributed by atoms with van der Waals surface area (Å²) >= 11 is 0. The smallest absolute Gasteiger partial charge is 0.257 e. The highest BCUT2D eigenvalue weighted by molar-refractivity contribution is 6.01. The average Bonchev–Trinajstić information content (AvgIpc) is 3.29. The van der Waals surface area contributed by atoms with Gasteiger partial charge in [0, 0.05) is 23.2 Å². The lowest BCUT2D eigenvalue weighted by molar-refractivity contribution is -0.124. The van der Waals surface area contributed by atoms with Gasteiger partial charge in [-0.05, 0) is 65.5 Å². The Hall–Kier alpha value is -3.23. The molecule has 1 aromatic heterocycles. The molecule has 0 spiro atoms. The minimum absolute atomic E-state index is 0.125. The van der Waals surface area contributed by atoms with Crippen LogP contribution in [0, 0.1) is 12.7 Å². The molecular formula is C24H29FN4O4. The van der Waals surface area contributed by atoms with E-state index in [2.05, 4.69) is 15.8 Å². The summed E-state index contributed by atoms with van der Waals surface area (Å²) in [5.41, 5.74) is 0.259. The van der Waals surface area contributed by atoms with Crippen molar-refractivity contribution in [3.8, 4) is 0 Å². The fourth-order valence-corrected chi connectivity index (χ4v) is 4.50. The van der Waals surface area contributed by atoms with Gasteiger partial charge >= 0.3 is 0 Å². The second kappa shape index (κ2) is 8.61. The Balaban J connectivity index is 1.42. The number of hydrogen-bond acceptors (Lipinski definition) is 5. The number of carbonyl (C=O) groups is 3. The lowest BCUT2D eigenvalue weighted by atomic mass is 10.0. The fourth-order valence-electron chi connectivity index (χ4n) is 4.50. The number of nitrogens with one attached hydrogen (secondary N) is 2. The standard InChI is InChI=1S/C24H29FN4O4/c1-13-5-6-14(2)29(13)22(31)17-7-8-18(20(25)11-17)15(3)26-23(32)24(9-10-24)27-21(30)19-12-33-28-16(19)4/h7-8,11-15H,5-6,9-10H2,1-4H3,(H,26,32)(H,27,30)/t13?,14?,15-/m1/s1. The van der Waals surface area contributed by atoms with Gasteiger partial charge in [-0.1, -0.05) is 11.2 Å². The van der Waals surface area contributed by atoms with Gasteiger partial charge in [0.15, 0.2) is 0 Å². The summed E-state index contributed by atoms with van der Waals surface area (Å²) in [6, 6.07) is 3.99. The van der Waals surface area contributed by atoms with Crippen molar-refractivity contribution in [1.82, 2.24) is 20.7 Å². The van der Waals surface area contributed by atoms with Gasteiger partial charge in [-0.25, -0.2) is 4.39 Å². The summed E-state index contributed by atoms with van der Waals surface area (Å²) in [6.07, 6.45) is 4.09. The second-order valence-corrected chi connectivity index (χ2v) is 9.27. The third-order valence-corrected chi connectivity index (χ3v) is 6.78. The summed E-state index contributed by atoms with van der Waals surface area (Å²) in [5, 5.41) is 9.22. The molecule has 8 nitrogen and oxygen atoms in total. The van der Waals surface area contributed by atoms with Crippen LogP contribution in [0.1, 0.15) is 84.5 Å². The first-order chi connectivity index (χ1) is 15.6. The SMILES string of the molecule is Cc1nocc1C(=O)NC1(C(=O)N[C@H](C)c2ccc(C(=O)N3C(C)CCC3C)cc2F)CC1. The van der Waals surface area contributed by atoms with E-state index in [-0.39, 0.29) is 35.0 Å². The normalized spacial score (nSPS) is 22.0. The number of hydrogen-bond donors (Lipinski definition) is 2. The van der Waals surface area contributed by atoms with Crippen molar-refractivity contribution in [1.29, 1.82) is 0 Å². The maximum absolute atomic E-state index is 14.9. The van der Waals surface area contributed by atoms with Crippen molar-refractivity contribution in [3.05, 3.63) is 52.7 Å². The van der Waals surface area contributed by atoms with E-state index in [1.165, 1.54) is 18.4 Å². The Bertz CT molecular complexity index is 1080. The molecule has 3 atom stereocenters. The first kappa shape index (κ1) is 22.9. The number of carbonyl (C=O) groups excluding carboxylic acids is 3. The Kier molecular flexibility index (Phi) is 5.99. The highest BCUT2D eigenvalue weighted by Gasteiger charge is 2.51. The number of benzene rings is 1. The molecule has 2 fully saturated rings. The van der Waals surface area contributed by atoms with Gasteiger partial charge in [0.05, 0.1) is 11.7 Å². The molecule has 1 aliphatic heterocycles. The van der Waals surface area contributed by atoms with Crippen LogP contribution in [0.25, 0.3) is 0 Å². The fraction of sp³-hybridized carbons (Fsp3) is 0.500. The molecule has 2 heterocycles. The Morgan fingerprint density at radius 2 is 1.88 bits per heavy atom. The summed E-state index contributed by atoms with van der Waals surface area (Å²) in [6.45, 7) is 7.31. The molecule has 9 heteroatoms. The van der Waals surface area contributed by atoms with E-state index in [0.29, 0.717) is 24.1 Å². The maximum atomic E-state index is 14.9.